The zero-order valence-electron chi connectivity index (χ0n) is 10.2. The van der Waals surface area contributed by atoms with Gasteiger partial charge in [0.15, 0.2) is 0 Å². The number of amides is 1. The van der Waals surface area contributed by atoms with Crippen LogP contribution in [0.1, 0.15) is 34.1 Å². The Kier molecular flexibility index (Phi) is 6.75. The van der Waals surface area contributed by atoms with Crippen molar-refractivity contribution in [1.29, 1.82) is 0 Å². The quantitative estimate of drug-likeness (QED) is 0.513. The summed E-state index contributed by atoms with van der Waals surface area (Å²) < 4.78 is 0. The van der Waals surface area contributed by atoms with Crippen molar-refractivity contribution in [2.75, 3.05) is 13.1 Å². The predicted molar refractivity (Wildman–Crippen MR) is 63.8 cm³/mol. The molecule has 15 heavy (non-hydrogen) atoms. The lowest BCUT2D eigenvalue weighted by Crippen LogP contribution is -2.28. The van der Waals surface area contributed by atoms with Crippen molar-refractivity contribution < 1.29 is 4.79 Å². The summed E-state index contributed by atoms with van der Waals surface area (Å²) in [5.41, 5.74) is 5.64. The number of nitrogens with two attached hydrogens (primary N) is 1. The lowest BCUT2D eigenvalue weighted by Gasteiger charge is -2.07. The fourth-order valence-corrected chi connectivity index (χ4v) is 0.875. The van der Waals surface area contributed by atoms with Gasteiger partial charge >= 0.3 is 0 Å². The molecule has 0 aromatic heterocycles. The van der Waals surface area contributed by atoms with Crippen LogP contribution in [0, 0.1) is 11.8 Å². The maximum absolute atomic E-state index is 11.3. The Morgan fingerprint density at radius 1 is 1.33 bits per heavy atom. The van der Waals surface area contributed by atoms with Crippen molar-refractivity contribution in [3.63, 3.8) is 0 Å². The van der Waals surface area contributed by atoms with Crippen LogP contribution in [0.4, 0.5) is 0 Å². The molecule has 0 fully saturated rings. The largest absolute Gasteiger partial charge is 0.387 e. The molecule has 0 bridgehead atoms. The summed E-state index contributed by atoms with van der Waals surface area (Å²) in [6, 6.07) is 0. The minimum absolute atomic E-state index is 0.0454. The first-order chi connectivity index (χ1) is 6.93. The number of carbonyl (C=O) groups is 1. The molecule has 0 atom stereocenters. The van der Waals surface area contributed by atoms with Gasteiger partial charge in [0, 0.05) is 25.4 Å². The molecule has 0 saturated heterocycles. The van der Waals surface area contributed by atoms with Gasteiger partial charge in [-0.25, -0.2) is 0 Å². The number of hydrogen-bond acceptors (Lipinski definition) is 2. The molecule has 4 nitrogen and oxygen atoms in total. The number of aliphatic imine (C=N–C) groups is 1. The molecule has 3 N–H and O–H groups in total. The van der Waals surface area contributed by atoms with Gasteiger partial charge in [0.25, 0.3) is 0 Å². The van der Waals surface area contributed by atoms with E-state index in [2.05, 4.69) is 24.2 Å². The van der Waals surface area contributed by atoms with Gasteiger partial charge in [0.2, 0.25) is 5.91 Å². The molecule has 0 saturated carbocycles. The molecule has 1 amide bonds. The van der Waals surface area contributed by atoms with E-state index in [0.717, 1.165) is 6.54 Å². The third-order valence-corrected chi connectivity index (χ3v) is 1.93. The Balaban J connectivity index is 3.68. The van der Waals surface area contributed by atoms with E-state index in [1.165, 1.54) is 0 Å². The number of hydrogen-bond donors (Lipinski definition) is 2. The monoisotopic (exact) mass is 213 g/mol. The molecule has 0 radical (unpaired) electrons. The lowest BCUT2D eigenvalue weighted by atomic mass is 10.2. The summed E-state index contributed by atoms with van der Waals surface area (Å²) in [4.78, 5) is 15.4. The Hall–Kier alpha value is -1.06. The van der Waals surface area contributed by atoms with E-state index in [0.29, 0.717) is 24.7 Å². The summed E-state index contributed by atoms with van der Waals surface area (Å²) in [5, 5.41) is 2.84. The van der Waals surface area contributed by atoms with Crippen molar-refractivity contribution in [1.82, 2.24) is 5.32 Å². The van der Waals surface area contributed by atoms with E-state index in [-0.39, 0.29) is 11.8 Å². The number of carbonyl (C=O) groups excluding carboxylic acids is 1. The van der Waals surface area contributed by atoms with Crippen molar-refractivity contribution in [3.8, 4) is 0 Å². The van der Waals surface area contributed by atoms with Gasteiger partial charge in [-0.15, -0.1) is 0 Å². The van der Waals surface area contributed by atoms with E-state index in [1.807, 2.05) is 13.8 Å². The number of nitrogens with one attached hydrogen (secondary N) is 1. The molecule has 0 aliphatic carbocycles. The predicted octanol–water partition coefficient (Wildman–Crippen LogP) is 1.16. The van der Waals surface area contributed by atoms with Gasteiger partial charge in [0.05, 0.1) is 5.84 Å². The molecular formula is C11H23N3O. The standard InChI is InChI=1S/C11H23N3O/c1-8(2)7-14-10(15)5-6-13-11(12)9(3)4/h8-9H,5-7H2,1-4H3,(H2,12,13)(H,14,15). The normalized spacial score (nSPS) is 12.3. The van der Waals surface area contributed by atoms with Crippen molar-refractivity contribution >= 4 is 11.7 Å². The van der Waals surface area contributed by atoms with Gasteiger partial charge in [-0.05, 0) is 5.92 Å². The van der Waals surface area contributed by atoms with Crippen molar-refractivity contribution in [2.45, 2.75) is 34.1 Å². The van der Waals surface area contributed by atoms with E-state index < -0.39 is 0 Å². The minimum atomic E-state index is 0.0454. The zero-order valence-corrected chi connectivity index (χ0v) is 10.2. The Bertz CT molecular complexity index is 222. The molecule has 88 valence electrons. The molecule has 0 unspecified atom stereocenters. The van der Waals surface area contributed by atoms with Gasteiger partial charge in [-0.1, -0.05) is 27.7 Å². The second-order valence-electron chi connectivity index (χ2n) is 4.41. The van der Waals surface area contributed by atoms with Crippen LogP contribution in [0.25, 0.3) is 0 Å². The van der Waals surface area contributed by atoms with Crippen LogP contribution in [-0.4, -0.2) is 24.8 Å². The van der Waals surface area contributed by atoms with Crippen LogP contribution in [0.2, 0.25) is 0 Å². The molecule has 0 rings (SSSR count). The molecule has 0 aliphatic heterocycles. The SMILES string of the molecule is CC(C)CNC(=O)CCN=C(N)C(C)C. The molecule has 0 spiro atoms. The molecule has 0 aliphatic rings. The van der Waals surface area contributed by atoms with Crippen LogP contribution in [-0.2, 0) is 4.79 Å². The Labute approximate surface area is 92.3 Å². The van der Waals surface area contributed by atoms with Crippen LogP contribution in [0.15, 0.2) is 4.99 Å². The number of rotatable bonds is 6. The molecule has 0 heterocycles. The number of nitrogens with zero attached hydrogens (tertiary/aromatic N) is 1. The average Bonchev–Trinajstić information content (AvgIpc) is 2.14. The van der Waals surface area contributed by atoms with Crippen LogP contribution in [0.5, 0.6) is 0 Å². The van der Waals surface area contributed by atoms with Gasteiger partial charge < -0.3 is 11.1 Å². The van der Waals surface area contributed by atoms with Crippen molar-refractivity contribution in [2.24, 2.45) is 22.6 Å². The lowest BCUT2D eigenvalue weighted by molar-refractivity contribution is -0.121. The third-order valence-electron chi connectivity index (χ3n) is 1.93. The second-order valence-corrected chi connectivity index (χ2v) is 4.41. The highest BCUT2D eigenvalue weighted by Gasteiger charge is 2.02. The van der Waals surface area contributed by atoms with Crippen molar-refractivity contribution in [3.05, 3.63) is 0 Å². The molecule has 0 aromatic rings. The summed E-state index contributed by atoms with van der Waals surface area (Å²) in [5.74, 6) is 1.40. The average molecular weight is 213 g/mol. The first-order valence-corrected chi connectivity index (χ1v) is 5.50. The molecule has 4 heteroatoms. The summed E-state index contributed by atoms with van der Waals surface area (Å²) in [6.45, 7) is 9.30. The minimum Gasteiger partial charge on any atom is -0.387 e. The van der Waals surface area contributed by atoms with E-state index >= 15 is 0 Å². The first kappa shape index (κ1) is 13.9. The molecule has 0 aromatic carbocycles. The first-order valence-electron chi connectivity index (χ1n) is 5.50. The highest BCUT2D eigenvalue weighted by atomic mass is 16.1. The van der Waals surface area contributed by atoms with Gasteiger partial charge in [-0.2, -0.15) is 0 Å². The van der Waals surface area contributed by atoms with Gasteiger partial charge in [0.1, 0.15) is 0 Å². The zero-order chi connectivity index (χ0) is 11.8. The van der Waals surface area contributed by atoms with E-state index in [9.17, 15) is 4.79 Å². The third kappa shape index (κ3) is 7.97. The maximum Gasteiger partial charge on any atom is 0.221 e. The smallest absolute Gasteiger partial charge is 0.221 e. The topological polar surface area (TPSA) is 67.5 Å². The molecular weight excluding hydrogens is 190 g/mol. The van der Waals surface area contributed by atoms with Crippen LogP contribution < -0.4 is 11.1 Å². The summed E-state index contributed by atoms with van der Waals surface area (Å²) >= 11 is 0. The highest BCUT2D eigenvalue weighted by Crippen LogP contribution is 1.93. The summed E-state index contributed by atoms with van der Waals surface area (Å²) in [7, 11) is 0. The van der Waals surface area contributed by atoms with Gasteiger partial charge in [-0.3, -0.25) is 9.79 Å². The summed E-state index contributed by atoms with van der Waals surface area (Å²) in [6.07, 6.45) is 0.417. The second kappa shape index (κ2) is 7.26. The van der Waals surface area contributed by atoms with Crippen LogP contribution in [0.3, 0.4) is 0 Å². The fraction of sp³-hybridized carbons (Fsp3) is 0.818. The highest BCUT2D eigenvalue weighted by molar-refractivity contribution is 5.82. The maximum atomic E-state index is 11.3. The Morgan fingerprint density at radius 2 is 1.93 bits per heavy atom. The van der Waals surface area contributed by atoms with E-state index in [1.54, 1.807) is 0 Å². The fourth-order valence-electron chi connectivity index (χ4n) is 0.875. The number of amidine groups is 1. The van der Waals surface area contributed by atoms with E-state index in [4.69, 9.17) is 5.73 Å². The van der Waals surface area contributed by atoms with Crippen LogP contribution >= 0.6 is 0 Å². The Morgan fingerprint density at radius 3 is 2.40 bits per heavy atom.